The SMILES string of the molecule is CC(NC(=O)N(Cc1ccc(O)cc1)Cc1cccnc1)C1CCN(C)CC1. The maximum absolute atomic E-state index is 13.1. The maximum Gasteiger partial charge on any atom is 0.318 e. The van der Waals surface area contributed by atoms with Crippen molar-refractivity contribution in [3.8, 4) is 5.75 Å². The Morgan fingerprint density at radius 1 is 1.21 bits per heavy atom. The van der Waals surface area contributed by atoms with E-state index < -0.39 is 0 Å². The lowest BCUT2D eigenvalue weighted by molar-refractivity contribution is 0.166. The monoisotopic (exact) mass is 382 g/mol. The molecule has 28 heavy (non-hydrogen) atoms. The van der Waals surface area contributed by atoms with Crippen LogP contribution < -0.4 is 5.32 Å². The summed E-state index contributed by atoms with van der Waals surface area (Å²) in [7, 11) is 2.15. The molecule has 1 aliphatic rings. The lowest BCUT2D eigenvalue weighted by Gasteiger charge is -2.34. The number of nitrogens with one attached hydrogen (secondary N) is 1. The summed E-state index contributed by atoms with van der Waals surface area (Å²) in [4.78, 5) is 21.4. The Kier molecular flexibility index (Phi) is 6.87. The number of likely N-dealkylation sites (tertiary alicyclic amines) is 1. The van der Waals surface area contributed by atoms with Gasteiger partial charge in [0.05, 0.1) is 0 Å². The van der Waals surface area contributed by atoms with Crippen LogP contribution in [0.4, 0.5) is 4.79 Å². The molecule has 2 heterocycles. The van der Waals surface area contributed by atoms with Gasteiger partial charge >= 0.3 is 6.03 Å². The number of pyridine rings is 1. The molecule has 2 amide bonds. The van der Waals surface area contributed by atoms with Crippen molar-refractivity contribution >= 4 is 6.03 Å². The summed E-state index contributed by atoms with van der Waals surface area (Å²) in [5.74, 6) is 0.733. The molecule has 1 aliphatic heterocycles. The molecular formula is C22H30N4O2. The van der Waals surface area contributed by atoms with E-state index >= 15 is 0 Å². The van der Waals surface area contributed by atoms with Gasteiger partial charge < -0.3 is 20.2 Å². The highest BCUT2D eigenvalue weighted by Crippen LogP contribution is 2.20. The van der Waals surface area contributed by atoms with Gasteiger partial charge in [-0.2, -0.15) is 0 Å². The molecule has 1 aromatic heterocycles. The van der Waals surface area contributed by atoms with E-state index in [-0.39, 0.29) is 17.8 Å². The first-order chi connectivity index (χ1) is 13.5. The Labute approximate surface area is 167 Å². The molecule has 2 aromatic rings. The smallest absolute Gasteiger partial charge is 0.318 e. The van der Waals surface area contributed by atoms with Crippen molar-refractivity contribution in [2.24, 2.45) is 5.92 Å². The topological polar surface area (TPSA) is 68.7 Å². The number of carbonyl (C=O) groups excluding carboxylic acids is 1. The highest BCUT2D eigenvalue weighted by atomic mass is 16.3. The molecule has 0 saturated carbocycles. The van der Waals surface area contributed by atoms with E-state index in [9.17, 15) is 9.90 Å². The number of phenols is 1. The first-order valence-electron chi connectivity index (χ1n) is 9.92. The van der Waals surface area contributed by atoms with Crippen LogP contribution >= 0.6 is 0 Å². The molecule has 0 aliphatic carbocycles. The molecule has 150 valence electrons. The van der Waals surface area contributed by atoms with E-state index in [0.29, 0.717) is 19.0 Å². The Morgan fingerprint density at radius 2 is 1.89 bits per heavy atom. The molecular weight excluding hydrogens is 352 g/mol. The summed E-state index contributed by atoms with van der Waals surface area (Å²) in [5, 5.41) is 12.7. The summed E-state index contributed by atoms with van der Waals surface area (Å²) < 4.78 is 0. The maximum atomic E-state index is 13.1. The van der Waals surface area contributed by atoms with Crippen LogP contribution in [0.1, 0.15) is 30.9 Å². The van der Waals surface area contributed by atoms with Crippen LogP contribution in [0.5, 0.6) is 5.75 Å². The number of benzene rings is 1. The Hall–Kier alpha value is -2.60. The quantitative estimate of drug-likeness (QED) is 0.805. The second-order valence-corrected chi connectivity index (χ2v) is 7.76. The van der Waals surface area contributed by atoms with Crippen molar-refractivity contribution in [1.29, 1.82) is 0 Å². The number of piperidine rings is 1. The van der Waals surface area contributed by atoms with Gasteiger partial charge in [0.15, 0.2) is 0 Å². The van der Waals surface area contributed by atoms with Gasteiger partial charge in [0, 0.05) is 31.5 Å². The fraction of sp³-hybridized carbons (Fsp3) is 0.455. The van der Waals surface area contributed by atoms with Crippen LogP contribution in [0.25, 0.3) is 0 Å². The Balaban J connectivity index is 1.67. The molecule has 0 bridgehead atoms. The number of carbonyl (C=O) groups is 1. The lowest BCUT2D eigenvalue weighted by Crippen LogP contribution is -2.47. The summed E-state index contributed by atoms with van der Waals surface area (Å²) in [6.07, 6.45) is 5.74. The number of nitrogens with zero attached hydrogens (tertiary/aromatic N) is 3. The average Bonchev–Trinajstić information content (AvgIpc) is 2.70. The van der Waals surface area contributed by atoms with Crippen molar-refractivity contribution in [3.63, 3.8) is 0 Å². The number of amides is 2. The van der Waals surface area contributed by atoms with Crippen LogP contribution in [-0.4, -0.2) is 52.1 Å². The van der Waals surface area contributed by atoms with E-state index in [1.165, 1.54) is 0 Å². The number of phenolic OH excluding ortho intramolecular Hbond substituents is 1. The molecule has 1 unspecified atom stereocenters. The van der Waals surface area contributed by atoms with Gasteiger partial charge in [-0.1, -0.05) is 18.2 Å². The third-order valence-corrected chi connectivity index (χ3v) is 5.51. The van der Waals surface area contributed by atoms with Crippen molar-refractivity contribution < 1.29 is 9.90 Å². The van der Waals surface area contributed by atoms with Gasteiger partial charge in [-0.05, 0) is 75.1 Å². The van der Waals surface area contributed by atoms with Crippen molar-refractivity contribution in [3.05, 3.63) is 59.9 Å². The second-order valence-electron chi connectivity index (χ2n) is 7.76. The zero-order valence-electron chi connectivity index (χ0n) is 16.7. The molecule has 1 saturated heterocycles. The van der Waals surface area contributed by atoms with Crippen LogP contribution in [0.3, 0.4) is 0 Å². The lowest BCUT2D eigenvalue weighted by atomic mass is 9.90. The number of aromatic hydroxyl groups is 1. The predicted octanol–water partition coefficient (Wildman–Crippen LogP) is 3.23. The minimum atomic E-state index is -0.0663. The summed E-state index contributed by atoms with van der Waals surface area (Å²) in [6.45, 7) is 5.23. The van der Waals surface area contributed by atoms with E-state index in [1.807, 2.05) is 24.3 Å². The fourth-order valence-corrected chi connectivity index (χ4v) is 3.67. The molecule has 3 rings (SSSR count). The molecule has 2 N–H and O–H groups in total. The minimum Gasteiger partial charge on any atom is -0.508 e. The number of hydrogen-bond acceptors (Lipinski definition) is 4. The van der Waals surface area contributed by atoms with E-state index in [1.54, 1.807) is 29.4 Å². The van der Waals surface area contributed by atoms with Crippen LogP contribution in [-0.2, 0) is 13.1 Å². The van der Waals surface area contributed by atoms with E-state index in [0.717, 1.165) is 37.1 Å². The highest BCUT2D eigenvalue weighted by molar-refractivity contribution is 5.74. The molecule has 1 aromatic carbocycles. The van der Waals surface area contributed by atoms with Gasteiger partial charge in [-0.25, -0.2) is 4.79 Å². The number of urea groups is 1. The third-order valence-electron chi connectivity index (χ3n) is 5.51. The fourth-order valence-electron chi connectivity index (χ4n) is 3.67. The van der Waals surface area contributed by atoms with Crippen molar-refractivity contribution in [2.45, 2.75) is 38.9 Å². The van der Waals surface area contributed by atoms with E-state index in [4.69, 9.17) is 0 Å². The summed E-state index contributed by atoms with van der Waals surface area (Å²) >= 11 is 0. The van der Waals surface area contributed by atoms with Crippen LogP contribution in [0.2, 0.25) is 0 Å². The Morgan fingerprint density at radius 3 is 2.54 bits per heavy atom. The van der Waals surface area contributed by atoms with Crippen molar-refractivity contribution in [1.82, 2.24) is 20.1 Å². The number of aromatic nitrogens is 1. The van der Waals surface area contributed by atoms with Gasteiger partial charge in [0.2, 0.25) is 0 Å². The Bertz CT molecular complexity index is 743. The second kappa shape index (κ2) is 9.55. The normalized spacial score (nSPS) is 16.5. The molecule has 6 nitrogen and oxygen atoms in total. The molecule has 0 spiro atoms. The molecule has 1 atom stereocenters. The van der Waals surface area contributed by atoms with Gasteiger partial charge in [0.1, 0.15) is 5.75 Å². The van der Waals surface area contributed by atoms with E-state index in [2.05, 4.69) is 29.2 Å². The summed E-state index contributed by atoms with van der Waals surface area (Å²) in [5.41, 5.74) is 1.96. The largest absolute Gasteiger partial charge is 0.508 e. The zero-order chi connectivity index (χ0) is 19.9. The van der Waals surface area contributed by atoms with Gasteiger partial charge in [-0.3, -0.25) is 4.98 Å². The van der Waals surface area contributed by atoms with Gasteiger partial charge in [0.25, 0.3) is 0 Å². The average molecular weight is 383 g/mol. The van der Waals surface area contributed by atoms with Gasteiger partial charge in [-0.15, -0.1) is 0 Å². The molecule has 0 radical (unpaired) electrons. The minimum absolute atomic E-state index is 0.0663. The first kappa shape index (κ1) is 20.1. The molecule has 6 heteroatoms. The standard InChI is InChI=1S/C22H30N4O2/c1-17(20-9-12-25(2)13-10-20)24-22(28)26(16-19-4-3-11-23-14-19)15-18-5-7-21(27)8-6-18/h3-8,11,14,17,20,27H,9-10,12-13,15-16H2,1-2H3,(H,24,28). The predicted molar refractivity (Wildman–Crippen MR) is 110 cm³/mol. The van der Waals surface area contributed by atoms with Crippen LogP contribution in [0, 0.1) is 5.92 Å². The molecule has 1 fully saturated rings. The van der Waals surface area contributed by atoms with Crippen LogP contribution in [0.15, 0.2) is 48.8 Å². The highest BCUT2D eigenvalue weighted by Gasteiger charge is 2.25. The number of rotatable bonds is 6. The van der Waals surface area contributed by atoms with Crippen molar-refractivity contribution in [2.75, 3.05) is 20.1 Å². The first-order valence-corrected chi connectivity index (χ1v) is 9.92. The summed E-state index contributed by atoms with van der Waals surface area (Å²) in [6, 6.07) is 10.9. The number of hydrogen-bond donors (Lipinski definition) is 2. The third kappa shape index (κ3) is 5.70. The zero-order valence-corrected chi connectivity index (χ0v) is 16.7.